The topological polar surface area (TPSA) is 43.6 Å². The van der Waals surface area contributed by atoms with Crippen molar-refractivity contribution >= 4 is 21.6 Å². The van der Waals surface area contributed by atoms with Crippen LogP contribution >= 0.6 is 11.3 Å². The van der Waals surface area contributed by atoms with Crippen molar-refractivity contribution in [2.75, 3.05) is 0 Å². The van der Waals surface area contributed by atoms with Gasteiger partial charge in [0.1, 0.15) is 6.33 Å². The Hall–Kier alpha value is -2.53. The molecule has 0 atom stereocenters. The van der Waals surface area contributed by atoms with Crippen molar-refractivity contribution in [3.8, 4) is 17.1 Å². The average molecular weight is 377 g/mol. The van der Waals surface area contributed by atoms with Crippen LogP contribution in [0.1, 0.15) is 55.7 Å². The standard InChI is InChI=1S/C22H24N4S/c1-13(2)17-7-6-8-18(14(3)4)21(17)26-12-23-25-22(26)16-9-10-20-19(11-16)24-15(5)27-20/h6-14H,1-5H3. The van der Waals surface area contributed by atoms with E-state index in [4.69, 9.17) is 0 Å². The van der Waals surface area contributed by atoms with Crippen molar-refractivity contribution in [3.63, 3.8) is 0 Å². The zero-order chi connectivity index (χ0) is 19.1. The number of rotatable bonds is 4. The lowest BCUT2D eigenvalue weighted by Crippen LogP contribution is -2.07. The van der Waals surface area contributed by atoms with Gasteiger partial charge in [0.05, 0.1) is 20.9 Å². The van der Waals surface area contributed by atoms with E-state index in [1.165, 1.54) is 21.5 Å². The van der Waals surface area contributed by atoms with Crippen molar-refractivity contribution in [1.29, 1.82) is 0 Å². The highest BCUT2D eigenvalue weighted by Gasteiger charge is 2.19. The van der Waals surface area contributed by atoms with Gasteiger partial charge in [-0.2, -0.15) is 0 Å². The Labute approximate surface area is 163 Å². The third-order valence-corrected chi connectivity index (χ3v) is 5.84. The quantitative estimate of drug-likeness (QED) is 0.432. The van der Waals surface area contributed by atoms with Crippen LogP contribution in [0.25, 0.3) is 27.3 Å². The molecular weight excluding hydrogens is 352 g/mol. The van der Waals surface area contributed by atoms with E-state index < -0.39 is 0 Å². The summed E-state index contributed by atoms with van der Waals surface area (Å²) < 4.78 is 3.35. The number of hydrogen-bond donors (Lipinski definition) is 0. The molecule has 0 aliphatic rings. The number of fused-ring (bicyclic) bond motifs is 1. The minimum absolute atomic E-state index is 0.414. The van der Waals surface area contributed by atoms with Gasteiger partial charge in [-0.05, 0) is 48.1 Å². The fourth-order valence-electron chi connectivity index (χ4n) is 3.57. The maximum absolute atomic E-state index is 4.64. The highest BCUT2D eigenvalue weighted by molar-refractivity contribution is 7.18. The van der Waals surface area contributed by atoms with Gasteiger partial charge in [-0.25, -0.2) is 4.98 Å². The number of aryl methyl sites for hydroxylation is 1. The summed E-state index contributed by atoms with van der Waals surface area (Å²) in [5.41, 5.74) is 5.89. The lowest BCUT2D eigenvalue weighted by molar-refractivity contribution is 0.806. The Kier molecular flexibility index (Phi) is 4.56. The zero-order valence-corrected chi connectivity index (χ0v) is 17.2. The second-order valence-corrected chi connectivity index (χ2v) is 8.77. The van der Waals surface area contributed by atoms with Crippen LogP contribution in [0, 0.1) is 6.92 Å². The third-order valence-electron chi connectivity index (χ3n) is 4.88. The van der Waals surface area contributed by atoms with Crippen molar-refractivity contribution in [2.24, 2.45) is 0 Å². The summed E-state index contributed by atoms with van der Waals surface area (Å²) >= 11 is 1.72. The van der Waals surface area contributed by atoms with Gasteiger partial charge in [0.15, 0.2) is 5.82 Å². The second-order valence-electron chi connectivity index (χ2n) is 7.53. The molecule has 0 fully saturated rings. The third kappa shape index (κ3) is 3.16. The molecule has 2 heterocycles. The second kappa shape index (κ2) is 6.89. The van der Waals surface area contributed by atoms with Crippen LogP contribution in [0.4, 0.5) is 0 Å². The van der Waals surface area contributed by atoms with Crippen LogP contribution in [-0.4, -0.2) is 19.7 Å². The lowest BCUT2D eigenvalue weighted by Gasteiger charge is -2.21. The SMILES string of the molecule is Cc1nc2cc(-c3nncn3-c3c(C(C)C)cccc3C(C)C)ccc2s1. The normalized spacial score (nSPS) is 11.8. The molecule has 0 amide bonds. The van der Waals surface area contributed by atoms with Gasteiger partial charge in [-0.3, -0.25) is 4.57 Å². The van der Waals surface area contributed by atoms with Gasteiger partial charge >= 0.3 is 0 Å². The van der Waals surface area contributed by atoms with Crippen molar-refractivity contribution in [3.05, 3.63) is 58.9 Å². The van der Waals surface area contributed by atoms with E-state index >= 15 is 0 Å². The molecule has 2 aromatic carbocycles. The molecule has 4 aromatic rings. The molecule has 4 nitrogen and oxygen atoms in total. The van der Waals surface area contributed by atoms with Crippen molar-refractivity contribution in [2.45, 2.75) is 46.5 Å². The Morgan fingerprint density at radius 1 is 0.963 bits per heavy atom. The Balaban J connectivity index is 1.94. The van der Waals surface area contributed by atoms with E-state index in [0.29, 0.717) is 11.8 Å². The molecule has 0 bridgehead atoms. The Morgan fingerprint density at radius 2 is 1.67 bits per heavy atom. The van der Waals surface area contributed by atoms with Crippen LogP contribution in [0.2, 0.25) is 0 Å². The van der Waals surface area contributed by atoms with E-state index in [-0.39, 0.29) is 0 Å². The molecule has 0 aliphatic heterocycles. The molecule has 27 heavy (non-hydrogen) atoms. The summed E-state index contributed by atoms with van der Waals surface area (Å²) in [5, 5.41) is 9.80. The van der Waals surface area contributed by atoms with Crippen LogP contribution in [0.15, 0.2) is 42.7 Å². The van der Waals surface area contributed by atoms with Gasteiger partial charge in [-0.15, -0.1) is 21.5 Å². The van der Waals surface area contributed by atoms with E-state index in [2.05, 4.69) is 83.8 Å². The van der Waals surface area contributed by atoms with Gasteiger partial charge in [0.2, 0.25) is 0 Å². The maximum atomic E-state index is 4.64. The summed E-state index contributed by atoms with van der Waals surface area (Å²) in [6.45, 7) is 11.0. The molecule has 4 rings (SSSR count). The fourth-order valence-corrected chi connectivity index (χ4v) is 4.37. The van der Waals surface area contributed by atoms with E-state index in [1.54, 1.807) is 11.3 Å². The molecule has 0 spiro atoms. The van der Waals surface area contributed by atoms with Crippen LogP contribution in [-0.2, 0) is 0 Å². The molecule has 0 saturated carbocycles. The number of aromatic nitrogens is 4. The van der Waals surface area contributed by atoms with Gasteiger partial charge in [-0.1, -0.05) is 45.9 Å². The molecule has 0 N–H and O–H groups in total. The highest BCUT2D eigenvalue weighted by Crippen LogP contribution is 2.34. The molecule has 0 radical (unpaired) electrons. The predicted octanol–water partition coefficient (Wildman–Crippen LogP) is 6.10. The molecule has 0 aliphatic carbocycles. The number of benzene rings is 2. The first-order valence-corrected chi connectivity index (χ1v) is 10.2. The minimum Gasteiger partial charge on any atom is -0.281 e. The van der Waals surface area contributed by atoms with Crippen LogP contribution in [0.5, 0.6) is 0 Å². The zero-order valence-electron chi connectivity index (χ0n) is 16.4. The number of thiazole rings is 1. The molecule has 0 saturated heterocycles. The van der Waals surface area contributed by atoms with Crippen LogP contribution in [0.3, 0.4) is 0 Å². The number of nitrogens with zero attached hydrogens (tertiary/aromatic N) is 4. The highest BCUT2D eigenvalue weighted by atomic mass is 32.1. The van der Waals surface area contributed by atoms with Crippen LogP contribution < -0.4 is 0 Å². The number of hydrogen-bond acceptors (Lipinski definition) is 4. The molecule has 2 aromatic heterocycles. The van der Waals surface area contributed by atoms with Crippen molar-refractivity contribution in [1.82, 2.24) is 19.7 Å². The summed E-state index contributed by atoms with van der Waals surface area (Å²) in [7, 11) is 0. The summed E-state index contributed by atoms with van der Waals surface area (Å²) in [5.74, 6) is 1.69. The maximum Gasteiger partial charge on any atom is 0.168 e. The fraction of sp³-hybridized carbons (Fsp3) is 0.318. The first kappa shape index (κ1) is 17.9. The minimum atomic E-state index is 0.414. The molecular formula is C22H24N4S. The van der Waals surface area contributed by atoms with Gasteiger partial charge in [0.25, 0.3) is 0 Å². The summed E-state index contributed by atoms with van der Waals surface area (Å²) in [4.78, 5) is 4.64. The predicted molar refractivity (Wildman–Crippen MR) is 113 cm³/mol. The van der Waals surface area contributed by atoms with E-state index in [0.717, 1.165) is 21.9 Å². The molecule has 5 heteroatoms. The first-order chi connectivity index (χ1) is 13.0. The molecule has 138 valence electrons. The smallest absolute Gasteiger partial charge is 0.168 e. The summed E-state index contributed by atoms with van der Waals surface area (Å²) in [6, 6.07) is 12.9. The van der Waals surface area contributed by atoms with Crippen molar-refractivity contribution < 1.29 is 0 Å². The monoisotopic (exact) mass is 376 g/mol. The number of para-hydroxylation sites is 1. The average Bonchev–Trinajstić information content (AvgIpc) is 3.25. The first-order valence-electron chi connectivity index (χ1n) is 9.36. The van der Waals surface area contributed by atoms with E-state index in [9.17, 15) is 0 Å². The summed E-state index contributed by atoms with van der Waals surface area (Å²) in [6.07, 6.45) is 1.83. The lowest BCUT2D eigenvalue weighted by atomic mass is 9.92. The van der Waals surface area contributed by atoms with Gasteiger partial charge in [0, 0.05) is 5.56 Å². The largest absolute Gasteiger partial charge is 0.281 e. The Morgan fingerprint density at radius 3 is 2.33 bits per heavy atom. The Bertz CT molecular complexity index is 1080. The van der Waals surface area contributed by atoms with E-state index in [1.807, 2.05) is 13.3 Å². The van der Waals surface area contributed by atoms with Gasteiger partial charge < -0.3 is 0 Å². The molecule has 0 unspecified atom stereocenters.